The minimum Gasteiger partial charge on any atom is -0.335 e. The molecule has 1 aliphatic rings. The third kappa shape index (κ3) is 4.46. The first-order valence-electron chi connectivity index (χ1n) is 8.78. The topological polar surface area (TPSA) is 49.3 Å². The van der Waals surface area contributed by atoms with Crippen molar-refractivity contribution in [2.75, 3.05) is 26.2 Å². The molecule has 0 aliphatic carbocycles. The summed E-state index contributed by atoms with van der Waals surface area (Å²) in [5, 5.41) is 4.38. The van der Waals surface area contributed by atoms with Crippen LogP contribution in [-0.4, -0.2) is 51.9 Å². The summed E-state index contributed by atoms with van der Waals surface area (Å²) < 4.78 is 0. The van der Waals surface area contributed by atoms with Gasteiger partial charge in [-0.2, -0.15) is 0 Å². The number of nitrogens with zero attached hydrogens (tertiary/aromatic N) is 4. The molecule has 1 fully saturated rings. The fraction of sp³-hybridized carbons (Fsp3) is 0.611. The van der Waals surface area contributed by atoms with Gasteiger partial charge in [-0.15, -0.1) is 22.7 Å². The van der Waals surface area contributed by atoms with Crippen molar-refractivity contribution < 1.29 is 4.79 Å². The Kier molecular flexibility index (Phi) is 5.55. The number of piperazine rings is 1. The molecule has 0 aromatic carbocycles. The monoisotopic (exact) mass is 378 g/mol. The highest BCUT2D eigenvalue weighted by atomic mass is 32.1. The first-order chi connectivity index (χ1) is 11.9. The van der Waals surface area contributed by atoms with Gasteiger partial charge in [-0.3, -0.25) is 9.69 Å². The molecule has 136 valence electrons. The molecule has 1 amide bonds. The average molecular weight is 379 g/mol. The molecule has 0 N–H and O–H groups in total. The summed E-state index contributed by atoms with van der Waals surface area (Å²) in [6.45, 7) is 12.9. The van der Waals surface area contributed by atoms with Crippen LogP contribution in [0.2, 0.25) is 0 Å². The summed E-state index contributed by atoms with van der Waals surface area (Å²) >= 11 is 3.26. The van der Waals surface area contributed by atoms with E-state index in [-0.39, 0.29) is 11.3 Å². The van der Waals surface area contributed by atoms with Crippen LogP contribution in [0.5, 0.6) is 0 Å². The number of amides is 1. The summed E-state index contributed by atoms with van der Waals surface area (Å²) in [5.41, 5.74) is 1.25. The SMILES string of the molecule is CCc1ncc(C(=O)N2CCN(Cc3csc(C(C)(C)C)n3)CC2)s1. The summed E-state index contributed by atoms with van der Waals surface area (Å²) in [5.74, 6) is 0.125. The highest BCUT2D eigenvalue weighted by Crippen LogP contribution is 2.26. The molecule has 3 rings (SSSR count). The number of carbonyl (C=O) groups excluding carboxylic acids is 1. The molecule has 5 nitrogen and oxygen atoms in total. The summed E-state index contributed by atoms with van der Waals surface area (Å²) in [7, 11) is 0. The maximum absolute atomic E-state index is 12.6. The predicted molar refractivity (Wildman–Crippen MR) is 103 cm³/mol. The third-order valence-electron chi connectivity index (χ3n) is 4.31. The molecule has 1 saturated heterocycles. The Morgan fingerprint density at radius 3 is 2.52 bits per heavy atom. The lowest BCUT2D eigenvalue weighted by atomic mass is 9.98. The zero-order valence-corrected chi connectivity index (χ0v) is 17.0. The molecular weight excluding hydrogens is 352 g/mol. The third-order valence-corrected chi connectivity index (χ3v) is 6.75. The quantitative estimate of drug-likeness (QED) is 0.818. The number of thiazole rings is 2. The molecule has 0 spiro atoms. The van der Waals surface area contributed by atoms with Gasteiger partial charge < -0.3 is 4.90 Å². The minimum absolute atomic E-state index is 0.111. The molecule has 7 heteroatoms. The van der Waals surface area contributed by atoms with Gasteiger partial charge in [0.1, 0.15) is 4.88 Å². The molecule has 2 aromatic rings. The summed E-state index contributed by atoms with van der Waals surface area (Å²) in [6, 6.07) is 0. The van der Waals surface area contributed by atoms with Gasteiger partial charge in [0, 0.05) is 43.5 Å². The molecule has 3 heterocycles. The minimum atomic E-state index is 0.111. The number of aromatic nitrogens is 2. The van der Waals surface area contributed by atoms with E-state index in [1.807, 2.05) is 4.90 Å². The van der Waals surface area contributed by atoms with Crippen LogP contribution in [0.4, 0.5) is 0 Å². The average Bonchev–Trinajstić information content (AvgIpc) is 3.23. The van der Waals surface area contributed by atoms with Crippen LogP contribution in [0.25, 0.3) is 0 Å². The lowest BCUT2D eigenvalue weighted by molar-refractivity contribution is 0.0631. The van der Waals surface area contributed by atoms with E-state index in [0.29, 0.717) is 0 Å². The van der Waals surface area contributed by atoms with Crippen LogP contribution in [-0.2, 0) is 18.4 Å². The molecular formula is C18H26N4OS2. The van der Waals surface area contributed by atoms with E-state index in [2.05, 4.69) is 43.0 Å². The lowest BCUT2D eigenvalue weighted by Gasteiger charge is -2.34. The van der Waals surface area contributed by atoms with E-state index in [1.165, 1.54) is 16.3 Å². The van der Waals surface area contributed by atoms with Crippen LogP contribution in [0.15, 0.2) is 11.6 Å². The Bertz CT molecular complexity index is 724. The largest absolute Gasteiger partial charge is 0.335 e. The number of aryl methyl sites for hydroxylation is 1. The molecule has 0 atom stereocenters. The fourth-order valence-corrected chi connectivity index (χ4v) is 4.51. The molecule has 1 aliphatic heterocycles. The Labute approximate surface area is 157 Å². The van der Waals surface area contributed by atoms with E-state index in [9.17, 15) is 4.79 Å². The Morgan fingerprint density at radius 1 is 1.24 bits per heavy atom. The van der Waals surface area contributed by atoms with Gasteiger partial charge in [0.15, 0.2) is 0 Å². The maximum atomic E-state index is 12.6. The van der Waals surface area contributed by atoms with Crippen molar-refractivity contribution in [3.05, 3.63) is 32.2 Å². The Balaban J connectivity index is 1.53. The van der Waals surface area contributed by atoms with Crippen molar-refractivity contribution in [3.8, 4) is 0 Å². The number of rotatable bonds is 4. The number of carbonyl (C=O) groups is 1. The highest BCUT2D eigenvalue weighted by molar-refractivity contribution is 7.13. The second kappa shape index (κ2) is 7.51. The standard InChI is InChI=1S/C18H26N4OS2/c1-5-15-19-10-14(25-15)16(23)22-8-6-21(7-9-22)11-13-12-24-17(20-13)18(2,3)4/h10,12H,5-9,11H2,1-4H3. The van der Waals surface area contributed by atoms with Crippen molar-refractivity contribution in [1.82, 2.24) is 19.8 Å². The molecule has 0 saturated carbocycles. The summed E-state index contributed by atoms with van der Waals surface area (Å²) in [6.07, 6.45) is 2.61. The van der Waals surface area contributed by atoms with Gasteiger partial charge in [0.05, 0.1) is 21.9 Å². The first-order valence-corrected chi connectivity index (χ1v) is 10.5. The van der Waals surface area contributed by atoms with E-state index in [1.54, 1.807) is 17.5 Å². The van der Waals surface area contributed by atoms with Gasteiger partial charge in [0.25, 0.3) is 5.91 Å². The van der Waals surface area contributed by atoms with Gasteiger partial charge in [-0.1, -0.05) is 27.7 Å². The van der Waals surface area contributed by atoms with Gasteiger partial charge in [-0.25, -0.2) is 9.97 Å². The second-order valence-electron chi connectivity index (χ2n) is 7.43. The van der Waals surface area contributed by atoms with Crippen LogP contribution in [0, 0.1) is 0 Å². The van der Waals surface area contributed by atoms with Gasteiger partial charge in [0.2, 0.25) is 0 Å². The Hall–Kier alpha value is -1.31. The molecule has 25 heavy (non-hydrogen) atoms. The van der Waals surface area contributed by atoms with E-state index in [4.69, 9.17) is 4.98 Å². The molecule has 2 aromatic heterocycles. The molecule has 0 unspecified atom stereocenters. The highest BCUT2D eigenvalue weighted by Gasteiger charge is 2.24. The van der Waals surface area contributed by atoms with Gasteiger partial charge in [-0.05, 0) is 6.42 Å². The van der Waals surface area contributed by atoms with Crippen LogP contribution >= 0.6 is 22.7 Å². The van der Waals surface area contributed by atoms with Crippen molar-refractivity contribution in [2.24, 2.45) is 0 Å². The van der Waals surface area contributed by atoms with Crippen LogP contribution < -0.4 is 0 Å². The van der Waals surface area contributed by atoms with Crippen molar-refractivity contribution in [3.63, 3.8) is 0 Å². The lowest BCUT2D eigenvalue weighted by Crippen LogP contribution is -2.48. The molecule has 0 bridgehead atoms. The van der Waals surface area contributed by atoms with Crippen molar-refractivity contribution >= 4 is 28.6 Å². The van der Waals surface area contributed by atoms with E-state index < -0.39 is 0 Å². The van der Waals surface area contributed by atoms with Crippen LogP contribution in [0.1, 0.15) is 53.1 Å². The first kappa shape index (κ1) is 18.5. The summed E-state index contributed by atoms with van der Waals surface area (Å²) in [4.78, 5) is 26.7. The number of hydrogen-bond acceptors (Lipinski definition) is 6. The Morgan fingerprint density at radius 2 is 1.96 bits per heavy atom. The number of hydrogen-bond donors (Lipinski definition) is 0. The zero-order chi connectivity index (χ0) is 18.0. The fourth-order valence-electron chi connectivity index (χ4n) is 2.79. The molecule has 0 radical (unpaired) electrons. The van der Waals surface area contributed by atoms with Crippen LogP contribution in [0.3, 0.4) is 0 Å². The second-order valence-corrected chi connectivity index (χ2v) is 9.41. The smallest absolute Gasteiger partial charge is 0.265 e. The maximum Gasteiger partial charge on any atom is 0.265 e. The predicted octanol–water partition coefficient (Wildman–Crippen LogP) is 3.42. The van der Waals surface area contributed by atoms with Gasteiger partial charge >= 0.3 is 0 Å². The van der Waals surface area contributed by atoms with E-state index in [0.717, 1.165) is 54.7 Å². The zero-order valence-electron chi connectivity index (χ0n) is 15.4. The van der Waals surface area contributed by atoms with Crippen molar-refractivity contribution in [1.29, 1.82) is 0 Å². The van der Waals surface area contributed by atoms with Crippen molar-refractivity contribution in [2.45, 2.75) is 46.1 Å². The normalized spacial score (nSPS) is 16.4. The van der Waals surface area contributed by atoms with E-state index >= 15 is 0 Å².